The van der Waals surface area contributed by atoms with Gasteiger partial charge in [-0.15, -0.1) is 0 Å². The summed E-state index contributed by atoms with van der Waals surface area (Å²) in [4.78, 5) is 12.8. The quantitative estimate of drug-likeness (QED) is 0.164. The van der Waals surface area contributed by atoms with Crippen LogP contribution in [0.3, 0.4) is 0 Å². The Bertz CT molecular complexity index is 1330. The van der Waals surface area contributed by atoms with Crippen molar-refractivity contribution in [2.24, 2.45) is 0 Å². The van der Waals surface area contributed by atoms with Gasteiger partial charge in [-0.2, -0.15) is 0 Å². The Kier molecular flexibility index (Phi) is 6.07. The van der Waals surface area contributed by atoms with Crippen LogP contribution in [0.5, 0.6) is 11.5 Å². The molecule has 3 aromatic rings. The number of ketones is 1. The van der Waals surface area contributed by atoms with Crippen molar-refractivity contribution in [3.8, 4) is 11.5 Å². The first-order valence-corrected chi connectivity index (χ1v) is 10.0. The van der Waals surface area contributed by atoms with Crippen LogP contribution >= 0.6 is 23.2 Å². The molecule has 0 fully saturated rings. The number of rotatable bonds is 4. The molecule has 1 aliphatic heterocycles. The van der Waals surface area contributed by atoms with Gasteiger partial charge in [-0.05, 0) is 42.3 Å². The molecule has 170 valence electrons. The Morgan fingerprint density at radius 2 is 1.58 bits per heavy atom. The normalized spacial score (nSPS) is 13.9. The third kappa shape index (κ3) is 4.16. The highest BCUT2D eigenvalue weighted by Gasteiger charge is 2.31. The number of benzene rings is 3. The summed E-state index contributed by atoms with van der Waals surface area (Å²) in [5.74, 6) is -10.7. The number of carbonyl (C=O) groups is 1. The molecular formula is C23H11Cl2F5O3. The number of hydrogen-bond donors (Lipinski definition) is 0. The van der Waals surface area contributed by atoms with Crippen LogP contribution < -0.4 is 9.47 Å². The minimum Gasteiger partial charge on any atom is -0.489 e. The maximum atomic E-state index is 13.9. The SMILES string of the molecule is Cc1cc(OCc2c(F)c(F)c(F)c(F)c2F)cc2c1C(=O)/C(=C/c1ccc(Cl)cc1Cl)O2. The number of Topliss-reactive ketones (excluding diaryl/α,β-unsaturated/α-hetero) is 1. The van der Waals surface area contributed by atoms with Gasteiger partial charge in [0.25, 0.3) is 0 Å². The molecule has 0 spiro atoms. The van der Waals surface area contributed by atoms with Gasteiger partial charge in [-0.1, -0.05) is 29.3 Å². The molecule has 4 rings (SSSR count). The molecule has 0 aromatic heterocycles. The molecule has 10 heteroatoms. The van der Waals surface area contributed by atoms with E-state index in [0.29, 0.717) is 21.2 Å². The maximum absolute atomic E-state index is 13.9. The molecule has 0 unspecified atom stereocenters. The van der Waals surface area contributed by atoms with E-state index in [1.807, 2.05) is 0 Å². The Balaban J connectivity index is 1.62. The molecule has 0 saturated carbocycles. The summed E-state index contributed by atoms with van der Waals surface area (Å²) in [7, 11) is 0. The van der Waals surface area contributed by atoms with Crippen molar-refractivity contribution >= 4 is 35.1 Å². The lowest BCUT2D eigenvalue weighted by molar-refractivity contribution is 0.101. The molecule has 3 aromatic carbocycles. The first kappa shape index (κ1) is 23.1. The number of carbonyl (C=O) groups excluding carboxylic acids is 1. The predicted octanol–water partition coefficient (Wildman–Crippen LogP) is 7.19. The average molecular weight is 501 g/mol. The van der Waals surface area contributed by atoms with Crippen molar-refractivity contribution in [2.45, 2.75) is 13.5 Å². The van der Waals surface area contributed by atoms with E-state index in [4.69, 9.17) is 32.7 Å². The third-order valence-electron chi connectivity index (χ3n) is 4.88. The lowest BCUT2D eigenvalue weighted by Crippen LogP contribution is -2.10. The summed E-state index contributed by atoms with van der Waals surface area (Å²) in [5.41, 5.74) is 0.00241. The second kappa shape index (κ2) is 8.68. The van der Waals surface area contributed by atoms with Crippen LogP contribution in [0.15, 0.2) is 36.1 Å². The molecule has 1 aliphatic rings. The Morgan fingerprint density at radius 3 is 2.21 bits per heavy atom. The van der Waals surface area contributed by atoms with Crippen molar-refractivity contribution in [3.05, 3.63) is 97.5 Å². The van der Waals surface area contributed by atoms with Crippen LogP contribution in [0.25, 0.3) is 6.08 Å². The van der Waals surface area contributed by atoms with Gasteiger partial charge in [0.1, 0.15) is 18.1 Å². The van der Waals surface area contributed by atoms with E-state index in [2.05, 4.69) is 0 Å². The summed E-state index contributed by atoms with van der Waals surface area (Å²) in [5, 5.41) is 0.710. The van der Waals surface area contributed by atoms with E-state index in [1.165, 1.54) is 24.3 Å². The highest BCUT2D eigenvalue weighted by atomic mass is 35.5. The topological polar surface area (TPSA) is 35.5 Å². The van der Waals surface area contributed by atoms with Crippen LogP contribution in [0.1, 0.15) is 27.0 Å². The van der Waals surface area contributed by atoms with Crippen molar-refractivity contribution < 1.29 is 36.2 Å². The van der Waals surface area contributed by atoms with Crippen LogP contribution in [-0.2, 0) is 6.61 Å². The van der Waals surface area contributed by atoms with Gasteiger partial charge in [0, 0.05) is 16.1 Å². The zero-order chi connectivity index (χ0) is 24.0. The lowest BCUT2D eigenvalue weighted by atomic mass is 10.0. The van der Waals surface area contributed by atoms with Gasteiger partial charge in [-0.3, -0.25) is 4.79 Å². The summed E-state index contributed by atoms with van der Waals surface area (Å²) in [6.07, 6.45) is 1.43. The second-order valence-corrected chi connectivity index (χ2v) is 7.90. The highest BCUT2D eigenvalue weighted by Crippen LogP contribution is 2.38. The predicted molar refractivity (Wildman–Crippen MR) is 111 cm³/mol. The van der Waals surface area contributed by atoms with Crippen LogP contribution in [0.4, 0.5) is 22.0 Å². The second-order valence-electron chi connectivity index (χ2n) is 7.06. The van der Waals surface area contributed by atoms with E-state index in [1.54, 1.807) is 19.1 Å². The zero-order valence-electron chi connectivity index (χ0n) is 16.5. The van der Waals surface area contributed by atoms with Crippen LogP contribution in [0.2, 0.25) is 10.0 Å². The van der Waals surface area contributed by atoms with Crippen molar-refractivity contribution in [2.75, 3.05) is 0 Å². The number of fused-ring (bicyclic) bond motifs is 1. The molecule has 0 radical (unpaired) electrons. The lowest BCUT2D eigenvalue weighted by Gasteiger charge is -2.11. The zero-order valence-corrected chi connectivity index (χ0v) is 18.1. The molecule has 0 atom stereocenters. The summed E-state index contributed by atoms with van der Waals surface area (Å²) in [6.45, 7) is 0.630. The molecule has 3 nitrogen and oxygen atoms in total. The fourth-order valence-corrected chi connectivity index (χ4v) is 3.72. The van der Waals surface area contributed by atoms with E-state index < -0.39 is 47.0 Å². The molecule has 0 aliphatic carbocycles. The van der Waals surface area contributed by atoms with Gasteiger partial charge >= 0.3 is 0 Å². The highest BCUT2D eigenvalue weighted by molar-refractivity contribution is 6.35. The van der Waals surface area contributed by atoms with Gasteiger partial charge in [0.15, 0.2) is 29.0 Å². The Hall–Kier alpha value is -3.10. The minimum absolute atomic E-state index is 0.00577. The van der Waals surface area contributed by atoms with Gasteiger partial charge < -0.3 is 9.47 Å². The molecule has 1 heterocycles. The van der Waals surface area contributed by atoms with Crippen LogP contribution in [-0.4, -0.2) is 5.78 Å². The molecular weight excluding hydrogens is 490 g/mol. The van der Waals surface area contributed by atoms with Gasteiger partial charge in [0.2, 0.25) is 11.6 Å². The molecule has 0 N–H and O–H groups in total. The summed E-state index contributed by atoms with van der Waals surface area (Å²) < 4.78 is 78.6. The number of ether oxygens (including phenoxy) is 2. The van der Waals surface area contributed by atoms with Crippen LogP contribution in [0, 0.1) is 36.0 Å². The first-order chi connectivity index (χ1) is 15.6. The van der Waals surface area contributed by atoms with E-state index >= 15 is 0 Å². The third-order valence-corrected chi connectivity index (χ3v) is 5.44. The summed E-state index contributed by atoms with van der Waals surface area (Å²) in [6, 6.07) is 7.34. The Labute approximate surface area is 193 Å². The fraction of sp³-hybridized carbons (Fsp3) is 0.0870. The van der Waals surface area contributed by atoms with Crippen molar-refractivity contribution in [1.82, 2.24) is 0 Å². The van der Waals surface area contributed by atoms with Crippen molar-refractivity contribution in [1.29, 1.82) is 0 Å². The standard InChI is InChI=1S/C23H11Cl2F5O3/c1-9-4-12(32-8-13-18(26)20(28)22(30)21(29)19(13)27)7-15-17(9)23(31)16(33-15)5-10-2-3-11(24)6-14(10)25/h2-7H,8H2,1H3/b16-5-. The first-order valence-electron chi connectivity index (χ1n) is 9.25. The number of allylic oxidation sites excluding steroid dienone is 1. The largest absolute Gasteiger partial charge is 0.489 e. The van der Waals surface area contributed by atoms with Crippen molar-refractivity contribution in [3.63, 3.8) is 0 Å². The molecule has 0 bridgehead atoms. The molecule has 33 heavy (non-hydrogen) atoms. The van der Waals surface area contributed by atoms with Gasteiger partial charge in [0.05, 0.1) is 11.1 Å². The molecule has 0 saturated heterocycles. The Morgan fingerprint density at radius 1 is 0.939 bits per heavy atom. The number of hydrogen-bond acceptors (Lipinski definition) is 3. The monoisotopic (exact) mass is 500 g/mol. The maximum Gasteiger partial charge on any atom is 0.232 e. The number of halogens is 7. The number of aryl methyl sites for hydroxylation is 1. The fourth-order valence-electron chi connectivity index (χ4n) is 3.25. The smallest absolute Gasteiger partial charge is 0.232 e. The van der Waals surface area contributed by atoms with E-state index in [9.17, 15) is 26.7 Å². The average Bonchev–Trinajstić information content (AvgIpc) is 3.08. The van der Waals surface area contributed by atoms with E-state index in [-0.39, 0.29) is 22.8 Å². The van der Waals surface area contributed by atoms with E-state index in [0.717, 1.165) is 0 Å². The minimum atomic E-state index is -2.26. The molecule has 0 amide bonds. The summed E-state index contributed by atoms with van der Waals surface area (Å²) >= 11 is 12.0. The van der Waals surface area contributed by atoms with Gasteiger partial charge in [-0.25, -0.2) is 22.0 Å².